The lowest BCUT2D eigenvalue weighted by Crippen LogP contribution is -2.54. The maximum Gasteiger partial charge on any atom is 0.257 e. The summed E-state index contributed by atoms with van der Waals surface area (Å²) in [5.41, 5.74) is 10.1. The van der Waals surface area contributed by atoms with Crippen molar-refractivity contribution in [2.24, 2.45) is 34.8 Å². The van der Waals surface area contributed by atoms with E-state index in [0.717, 1.165) is 79.2 Å². The Labute approximate surface area is 386 Å². The van der Waals surface area contributed by atoms with Crippen LogP contribution in [0.5, 0.6) is 5.75 Å². The summed E-state index contributed by atoms with van der Waals surface area (Å²) in [6, 6.07) is 15.8. The molecule has 2 aromatic heterocycles. The Morgan fingerprint density at radius 2 is 1.66 bits per heavy atom. The molecule has 350 valence electrons. The number of aryl methyl sites for hydroxylation is 1. The molecule has 4 saturated carbocycles. The molecule has 0 unspecified atom stereocenters. The summed E-state index contributed by atoms with van der Waals surface area (Å²) in [5, 5.41) is 11.6. The number of pyridine rings is 1. The van der Waals surface area contributed by atoms with Gasteiger partial charge in [-0.1, -0.05) is 83.4 Å². The number of nitrogens with two attached hydrogens (primary N) is 1. The zero-order valence-corrected chi connectivity index (χ0v) is 39.5. The van der Waals surface area contributed by atoms with Crippen LogP contribution in [0.1, 0.15) is 134 Å². The fourth-order valence-corrected chi connectivity index (χ4v) is 12.6. The fraction of sp³-hybridized carbons (Fsp3) is 0.604. The third kappa shape index (κ3) is 11.0. The summed E-state index contributed by atoms with van der Waals surface area (Å²) in [5.74, 6) is 3.19. The number of benzene rings is 2. The molecule has 2 aromatic carbocycles. The minimum atomic E-state index is -0.412. The van der Waals surface area contributed by atoms with Gasteiger partial charge in [-0.25, -0.2) is 9.97 Å². The lowest BCUT2D eigenvalue weighted by atomic mass is 9.49. The van der Waals surface area contributed by atoms with Crippen molar-refractivity contribution >= 4 is 40.0 Å². The summed E-state index contributed by atoms with van der Waals surface area (Å²) in [7, 11) is 1.68. The van der Waals surface area contributed by atoms with Crippen LogP contribution in [0.2, 0.25) is 0 Å². The molecule has 4 aliphatic carbocycles. The van der Waals surface area contributed by atoms with E-state index in [1.165, 1.54) is 89.8 Å². The Balaban J connectivity index is 1.00. The van der Waals surface area contributed by atoms with Crippen molar-refractivity contribution < 1.29 is 14.3 Å². The molecule has 5 aliphatic rings. The van der Waals surface area contributed by atoms with Crippen molar-refractivity contribution in [2.45, 2.75) is 148 Å². The van der Waals surface area contributed by atoms with E-state index in [4.69, 9.17) is 10.5 Å². The molecule has 5 fully saturated rings. The topological polar surface area (TPSA) is 156 Å². The van der Waals surface area contributed by atoms with Gasteiger partial charge in [0, 0.05) is 61.9 Å². The van der Waals surface area contributed by atoms with E-state index in [1.54, 1.807) is 24.7 Å². The first kappa shape index (κ1) is 46.6. The van der Waals surface area contributed by atoms with Crippen LogP contribution in [0, 0.1) is 36.0 Å². The first-order valence-electron chi connectivity index (χ1n) is 25.0. The van der Waals surface area contributed by atoms with Gasteiger partial charge in [-0.05, 0) is 117 Å². The average Bonchev–Trinajstić information content (AvgIpc) is 3.27. The Morgan fingerprint density at radius 3 is 2.37 bits per heavy atom. The zero-order chi connectivity index (χ0) is 45.5. The predicted molar refractivity (Wildman–Crippen MR) is 261 cm³/mol. The number of rotatable bonds is 22. The highest BCUT2D eigenvalue weighted by Gasteiger charge is 2.51. The maximum atomic E-state index is 14.1. The maximum absolute atomic E-state index is 14.1. The Kier molecular flexibility index (Phi) is 15.1. The van der Waals surface area contributed by atoms with Crippen molar-refractivity contribution in [3.63, 3.8) is 0 Å². The van der Waals surface area contributed by atoms with Gasteiger partial charge < -0.3 is 31.3 Å². The van der Waals surface area contributed by atoms with E-state index in [2.05, 4.69) is 49.9 Å². The molecule has 12 heteroatoms. The van der Waals surface area contributed by atoms with Crippen molar-refractivity contribution in [1.82, 2.24) is 25.2 Å². The number of para-hydroxylation sites is 1. The summed E-state index contributed by atoms with van der Waals surface area (Å²) >= 11 is 0. The number of aromatic nitrogens is 3. The number of unbranched alkanes of at least 4 members (excludes halogenated alkanes) is 7. The number of fused-ring (bicyclic) bond motifs is 1. The van der Waals surface area contributed by atoms with Crippen molar-refractivity contribution in [2.75, 3.05) is 37.0 Å². The van der Waals surface area contributed by atoms with Crippen LogP contribution in [0.15, 0.2) is 59.7 Å². The lowest BCUT2D eigenvalue weighted by molar-refractivity contribution is -0.130. The SMILES string of the molecule is CCCCCCCCCC[C@H](C[C@@H]1CNCCN1c1ccc(Nc2ncnc3c2c(C)cc(=O)n3-c2ccccc2C[C@@H](C)C(N)=O)c(OC)c1)NC(=O)CC12CC3CC(CC(C3)C1)C2. The van der Waals surface area contributed by atoms with Crippen LogP contribution in [0.4, 0.5) is 17.2 Å². The first-order chi connectivity index (χ1) is 31.5. The average molecular weight is 887 g/mol. The van der Waals surface area contributed by atoms with Gasteiger partial charge in [-0.15, -0.1) is 0 Å². The number of carbonyl (C=O) groups is 2. The van der Waals surface area contributed by atoms with Crippen LogP contribution >= 0.6 is 0 Å². The number of carbonyl (C=O) groups excluding carboxylic acids is 2. The first-order valence-corrected chi connectivity index (χ1v) is 25.0. The number of amides is 2. The highest BCUT2D eigenvalue weighted by Crippen LogP contribution is 2.61. The summed E-state index contributed by atoms with van der Waals surface area (Å²) in [6.45, 7) is 8.52. The standard InChI is InChI=1S/C53H74N8O4/c1-5-6-7-8-9-10-11-12-16-41(58-47(62)32-53-29-37-24-38(30-53)26-39(25-37)31-53)27-43-33-55-20-21-60(43)42-18-19-44(46(28-42)65-4)59-51-49-35(2)23-48(63)61(52(49)57-34-56-51)45-17-14-13-15-40(45)22-36(3)50(54)64/h13-15,17-19,23,28,34,36-39,41,43,55H,5-12,16,20-22,24-27,29-33H2,1-4H3,(H2,54,64)(H,58,62)(H,56,57,59)/t36-,37?,38?,39?,41-,43-,53?/m1/s1. The second-order valence-electron chi connectivity index (χ2n) is 20.5. The van der Waals surface area contributed by atoms with Gasteiger partial charge in [-0.2, -0.15) is 0 Å². The van der Waals surface area contributed by atoms with E-state index in [9.17, 15) is 14.4 Å². The monoisotopic (exact) mass is 887 g/mol. The van der Waals surface area contributed by atoms with Crippen molar-refractivity contribution in [3.05, 3.63) is 76.3 Å². The molecule has 0 spiro atoms. The molecule has 5 N–H and O–H groups in total. The van der Waals surface area contributed by atoms with Gasteiger partial charge in [0.25, 0.3) is 5.56 Å². The summed E-state index contributed by atoms with van der Waals surface area (Å²) in [4.78, 5) is 51.7. The minimum absolute atomic E-state index is 0.122. The van der Waals surface area contributed by atoms with Crippen molar-refractivity contribution in [3.8, 4) is 11.4 Å². The minimum Gasteiger partial charge on any atom is -0.494 e. The van der Waals surface area contributed by atoms with E-state index in [1.807, 2.05) is 37.3 Å². The molecule has 1 aliphatic heterocycles. The number of primary amides is 1. The molecule has 4 aromatic rings. The molecule has 65 heavy (non-hydrogen) atoms. The van der Waals surface area contributed by atoms with Crippen LogP contribution in [0.25, 0.3) is 16.7 Å². The Bertz CT molecular complexity index is 2310. The van der Waals surface area contributed by atoms with Crippen LogP contribution < -0.4 is 36.9 Å². The predicted octanol–water partition coefficient (Wildman–Crippen LogP) is 9.30. The van der Waals surface area contributed by atoms with E-state index >= 15 is 0 Å². The van der Waals surface area contributed by atoms with E-state index in [-0.39, 0.29) is 29.0 Å². The van der Waals surface area contributed by atoms with Gasteiger partial charge in [0.1, 0.15) is 17.9 Å². The number of anilines is 3. The highest BCUT2D eigenvalue weighted by atomic mass is 16.5. The fourth-order valence-electron chi connectivity index (χ4n) is 12.6. The van der Waals surface area contributed by atoms with E-state index in [0.29, 0.717) is 41.1 Å². The summed E-state index contributed by atoms with van der Waals surface area (Å²) in [6.07, 6.45) is 22.6. The van der Waals surface area contributed by atoms with Crippen LogP contribution in [-0.2, 0) is 16.0 Å². The summed E-state index contributed by atoms with van der Waals surface area (Å²) < 4.78 is 7.66. The molecule has 4 bridgehead atoms. The third-order valence-corrected chi connectivity index (χ3v) is 15.4. The van der Waals surface area contributed by atoms with Gasteiger partial charge in [0.2, 0.25) is 11.8 Å². The normalized spacial score (nSPS) is 23.4. The number of hydrogen-bond donors (Lipinski definition) is 4. The van der Waals surface area contributed by atoms with Gasteiger partial charge in [-0.3, -0.25) is 19.0 Å². The molecule has 12 nitrogen and oxygen atoms in total. The Hall–Kier alpha value is -4.97. The number of hydrogen-bond acceptors (Lipinski definition) is 9. The molecule has 2 amide bonds. The van der Waals surface area contributed by atoms with Crippen LogP contribution in [-0.4, -0.2) is 65.2 Å². The molecular formula is C53H74N8O4. The number of nitrogens with zero attached hydrogens (tertiary/aromatic N) is 4. The molecule has 1 saturated heterocycles. The van der Waals surface area contributed by atoms with Gasteiger partial charge in [0.15, 0.2) is 5.65 Å². The van der Waals surface area contributed by atoms with Gasteiger partial charge >= 0.3 is 0 Å². The molecule has 3 atom stereocenters. The van der Waals surface area contributed by atoms with Crippen LogP contribution in [0.3, 0.4) is 0 Å². The van der Waals surface area contributed by atoms with Gasteiger partial charge in [0.05, 0.1) is 23.9 Å². The largest absolute Gasteiger partial charge is 0.494 e. The highest BCUT2D eigenvalue weighted by molar-refractivity contribution is 5.93. The smallest absolute Gasteiger partial charge is 0.257 e. The van der Waals surface area contributed by atoms with E-state index < -0.39 is 11.8 Å². The quantitative estimate of drug-likeness (QED) is 0.0565. The molecule has 3 heterocycles. The number of ether oxygens (including phenoxy) is 1. The number of piperazine rings is 1. The molecule has 0 radical (unpaired) electrons. The third-order valence-electron chi connectivity index (χ3n) is 15.4. The zero-order valence-electron chi connectivity index (χ0n) is 39.5. The Morgan fingerprint density at radius 1 is 0.954 bits per heavy atom. The number of methoxy groups -OCH3 is 1. The lowest BCUT2D eigenvalue weighted by Gasteiger charge is -2.56. The molecular weight excluding hydrogens is 813 g/mol. The second-order valence-corrected chi connectivity index (χ2v) is 20.5. The van der Waals surface area contributed by atoms with Crippen molar-refractivity contribution in [1.29, 1.82) is 0 Å². The number of nitrogens with one attached hydrogen (secondary N) is 3. The molecule has 9 rings (SSSR count). The second kappa shape index (κ2) is 21.1.